The summed E-state index contributed by atoms with van der Waals surface area (Å²) in [6.45, 7) is 0. The number of ether oxygens (including phenoxy) is 1. The molecule has 1 N–H and O–H groups in total. The molecule has 0 aliphatic heterocycles. The van der Waals surface area contributed by atoms with Crippen molar-refractivity contribution in [3.8, 4) is 5.69 Å². The van der Waals surface area contributed by atoms with Crippen molar-refractivity contribution in [1.29, 1.82) is 0 Å². The Labute approximate surface area is 165 Å². The quantitative estimate of drug-likeness (QED) is 0.502. The number of benzene rings is 2. The number of methoxy groups -OCH3 is 1. The number of aromatic nitrogens is 2. The first-order chi connectivity index (χ1) is 14.1. The van der Waals surface area contributed by atoms with E-state index in [2.05, 4.69) is 9.84 Å². The lowest BCUT2D eigenvalue weighted by Gasteiger charge is -2.13. The third-order valence-electron chi connectivity index (χ3n) is 3.99. The predicted octanol–water partition coefficient (Wildman–Crippen LogP) is 4.21. The number of esters is 1. The standard InChI is InChI=1S/C19H12F5N3O3/c1-30-18(29)11-7-15(14(21)8-13(11)20)26-17(28)12-9-25-27(16(12)19(22,23)24)10-5-3-2-4-6-10/h2-9H,1H3,(H,26,28). The van der Waals surface area contributed by atoms with Crippen LogP contribution in [-0.2, 0) is 10.9 Å². The second kappa shape index (κ2) is 7.93. The van der Waals surface area contributed by atoms with E-state index in [0.717, 1.165) is 7.11 Å². The summed E-state index contributed by atoms with van der Waals surface area (Å²) in [7, 11) is 0.955. The molecule has 1 amide bonds. The van der Waals surface area contributed by atoms with Crippen molar-refractivity contribution in [3.05, 3.63) is 77.1 Å². The van der Waals surface area contributed by atoms with Crippen LogP contribution in [0.15, 0.2) is 48.7 Å². The van der Waals surface area contributed by atoms with Crippen LogP contribution in [0.5, 0.6) is 0 Å². The first-order valence-corrected chi connectivity index (χ1v) is 8.23. The molecule has 156 valence electrons. The molecule has 0 saturated heterocycles. The number of para-hydroxylation sites is 1. The third-order valence-corrected chi connectivity index (χ3v) is 3.99. The summed E-state index contributed by atoms with van der Waals surface area (Å²) >= 11 is 0. The summed E-state index contributed by atoms with van der Waals surface area (Å²) < 4.78 is 73.6. The molecule has 0 bridgehead atoms. The number of halogens is 5. The molecule has 0 atom stereocenters. The SMILES string of the molecule is COC(=O)c1cc(NC(=O)c2cnn(-c3ccccc3)c2C(F)(F)F)c(F)cc1F. The van der Waals surface area contributed by atoms with Crippen molar-refractivity contribution in [2.45, 2.75) is 6.18 Å². The van der Waals surface area contributed by atoms with Gasteiger partial charge in [0.15, 0.2) is 5.69 Å². The van der Waals surface area contributed by atoms with E-state index >= 15 is 0 Å². The summed E-state index contributed by atoms with van der Waals surface area (Å²) in [5.41, 5.74) is -3.64. The highest BCUT2D eigenvalue weighted by Crippen LogP contribution is 2.34. The van der Waals surface area contributed by atoms with Crippen LogP contribution in [0.2, 0.25) is 0 Å². The number of hydrogen-bond acceptors (Lipinski definition) is 4. The lowest BCUT2D eigenvalue weighted by atomic mass is 10.1. The zero-order valence-electron chi connectivity index (χ0n) is 15.1. The molecule has 1 heterocycles. The number of amides is 1. The van der Waals surface area contributed by atoms with Gasteiger partial charge in [0.2, 0.25) is 0 Å². The van der Waals surface area contributed by atoms with Crippen LogP contribution in [0.25, 0.3) is 5.69 Å². The van der Waals surface area contributed by atoms with Gasteiger partial charge in [-0.3, -0.25) is 4.79 Å². The Morgan fingerprint density at radius 1 is 1.03 bits per heavy atom. The number of anilines is 1. The van der Waals surface area contributed by atoms with Crippen LogP contribution < -0.4 is 5.32 Å². The summed E-state index contributed by atoms with van der Waals surface area (Å²) in [4.78, 5) is 24.0. The highest BCUT2D eigenvalue weighted by Gasteiger charge is 2.40. The molecule has 1 aromatic heterocycles. The average molecular weight is 425 g/mol. The molecular formula is C19H12F5N3O3. The van der Waals surface area contributed by atoms with Gasteiger partial charge in [0.1, 0.15) is 11.6 Å². The maximum Gasteiger partial charge on any atom is 0.434 e. The Morgan fingerprint density at radius 2 is 1.70 bits per heavy atom. The number of carbonyl (C=O) groups excluding carboxylic acids is 2. The molecule has 0 radical (unpaired) electrons. The van der Waals surface area contributed by atoms with Gasteiger partial charge in [-0.05, 0) is 18.2 Å². The number of rotatable bonds is 4. The molecule has 3 rings (SSSR count). The topological polar surface area (TPSA) is 73.2 Å². The molecular weight excluding hydrogens is 413 g/mol. The van der Waals surface area contributed by atoms with Crippen molar-refractivity contribution in [2.24, 2.45) is 0 Å². The van der Waals surface area contributed by atoms with E-state index in [1.807, 2.05) is 5.32 Å². The van der Waals surface area contributed by atoms with Crippen LogP contribution >= 0.6 is 0 Å². The molecule has 11 heteroatoms. The van der Waals surface area contributed by atoms with E-state index in [-0.39, 0.29) is 5.69 Å². The van der Waals surface area contributed by atoms with E-state index in [1.54, 1.807) is 6.07 Å². The number of carbonyl (C=O) groups is 2. The molecule has 0 unspecified atom stereocenters. The molecule has 0 saturated carbocycles. The van der Waals surface area contributed by atoms with Gasteiger partial charge in [-0.1, -0.05) is 18.2 Å². The smallest absolute Gasteiger partial charge is 0.434 e. The van der Waals surface area contributed by atoms with Gasteiger partial charge in [0, 0.05) is 6.07 Å². The average Bonchev–Trinajstić information content (AvgIpc) is 3.16. The van der Waals surface area contributed by atoms with Gasteiger partial charge < -0.3 is 10.1 Å². The maximum absolute atomic E-state index is 14.0. The van der Waals surface area contributed by atoms with Crippen molar-refractivity contribution < 1.29 is 36.3 Å². The maximum atomic E-state index is 14.0. The molecule has 3 aromatic rings. The fraction of sp³-hybridized carbons (Fsp3) is 0.105. The summed E-state index contributed by atoms with van der Waals surface area (Å²) in [5, 5.41) is 5.53. The number of nitrogens with zero attached hydrogens (tertiary/aromatic N) is 2. The van der Waals surface area contributed by atoms with Crippen LogP contribution in [0.1, 0.15) is 26.4 Å². The second-order valence-electron chi connectivity index (χ2n) is 5.91. The minimum Gasteiger partial charge on any atom is -0.465 e. The van der Waals surface area contributed by atoms with Crippen LogP contribution in [0.4, 0.5) is 27.6 Å². The molecule has 6 nitrogen and oxygen atoms in total. The van der Waals surface area contributed by atoms with Crippen molar-refractivity contribution in [1.82, 2.24) is 9.78 Å². The Kier molecular flexibility index (Phi) is 5.54. The highest BCUT2D eigenvalue weighted by atomic mass is 19.4. The van der Waals surface area contributed by atoms with Crippen LogP contribution in [0.3, 0.4) is 0 Å². The predicted molar refractivity (Wildman–Crippen MR) is 94.2 cm³/mol. The van der Waals surface area contributed by atoms with Crippen molar-refractivity contribution in [2.75, 3.05) is 12.4 Å². The molecule has 0 aliphatic rings. The van der Waals surface area contributed by atoms with E-state index in [4.69, 9.17) is 0 Å². The summed E-state index contributed by atoms with van der Waals surface area (Å²) in [6, 6.07) is 8.20. The molecule has 0 aliphatic carbocycles. The first kappa shape index (κ1) is 21.0. The molecule has 0 spiro atoms. The molecule has 0 fully saturated rings. The van der Waals surface area contributed by atoms with Gasteiger partial charge in [0.25, 0.3) is 5.91 Å². The zero-order valence-corrected chi connectivity index (χ0v) is 15.1. The second-order valence-corrected chi connectivity index (χ2v) is 5.91. The largest absolute Gasteiger partial charge is 0.465 e. The van der Waals surface area contributed by atoms with Crippen LogP contribution in [-0.4, -0.2) is 28.8 Å². The van der Waals surface area contributed by atoms with Gasteiger partial charge in [0.05, 0.1) is 35.8 Å². The highest BCUT2D eigenvalue weighted by molar-refractivity contribution is 6.05. The van der Waals surface area contributed by atoms with E-state index in [1.165, 1.54) is 24.3 Å². The van der Waals surface area contributed by atoms with Gasteiger partial charge in [-0.2, -0.15) is 18.3 Å². The lowest BCUT2D eigenvalue weighted by Crippen LogP contribution is -2.21. The Balaban J connectivity index is 2.03. The Hall–Kier alpha value is -3.76. The third kappa shape index (κ3) is 4.00. The Morgan fingerprint density at radius 3 is 2.30 bits per heavy atom. The van der Waals surface area contributed by atoms with Gasteiger partial charge >= 0.3 is 12.1 Å². The fourth-order valence-corrected chi connectivity index (χ4v) is 2.65. The lowest BCUT2D eigenvalue weighted by molar-refractivity contribution is -0.143. The Bertz CT molecular complexity index is 1110. The number of alkyl halides is 3. The fourth-order valence-electron chi connectivity index (χ4n) is 2.65. The first-order valence-electron chi connectivity index (χ1n) is 8.23. The summed E-state index contributed by atoms with van der Waals surface area (Å²) in [6.07, 6.45) is -4.30. The summed E-state index contributed by atoms with van der Waals surface area (Å²) in [5.74, 6) is -5.07. The van der Waals surface area contributed by atoms with Gasteiger partial charge in [-0.25, -0.2) is 18.3 Å². The van der Waals surface area contributed by atoms with E-state index in [9.17, 15) is 31.5 Å². The van der Waals surface area contributed by atoms with Crippen molar-refractivity contribution in [3.63, 3.8) is 0 Å². The minimum absolute atomic E-state index is 0.0461. The molecule has 30 heavy (non-hydrogen) atoms. The number of hydrogen-bond donors (Lipinski definition) is 1. The van der Waals surface area contributed by atoms with Gasteiger partial charge in [-0.15, -0.1) is 0 Å². The normalized spacial score (nSPS) is 11.3. The van der Waals surface area contributed by atoms with E-state index < -0.39 is 52.2 Å². The minimum atomic E-state index is -4.97. The zero-order chi connectivity index (χ0) is 22.1. The number of nitrogens with one attached hydrogen (secondary N) is 1. The van der Waals surface area contributed by atoms with Crippen LogP contribution in [0, 0.1) is 11.6 Å². The van der Waals surface area contributed by atoms with E-state index in [0.29, 0.717) is 23.0 Å². The molecule has 2 aromatic carbocycles. The van der Waals surface area contributed by atoms with Crippen molar-refractivity contribution >= 4 is 17.6 Å². The monoisotopic (exact) mass is 425 g/mol.